The van der Waals surface area contributed by atoms with Crippen molar-refractivity contribution in [2.24, 2.45) is 5.73 Å². The fraction of sp³-hybridized carbons (Fsp3) is 0.412. The van der Waals surface area contributed by atoms with Crippen molar-refractivity contribution in [3.63, 3.8) is 0 Å². The van der Waals surface area contributed by atoms with E-state index in [1.165, 1.54) is 28.9 Å². The molecule has 0 bridgehead atoms. The van der Waals surface area contributed by atoms with Crippen molar-refractivity contribution in [2.45, 2.75) is 45.1 Å². The Morgan fingerprint density at radius 1 is 1.21 bits per heavy atom. The van der Waals surface area contributed by atoms with Crippen LogP contribution in [-0.4, -0.2) is 4.57 Å². The molecule has 1 aliphatic carbocycles. The third-order valence-corrected chi connectivity index (χ3v) is 4.17. The van der Waals surface area contributed by atoms with Gasteiger partial charge in [-0.3, -0.25) is 0 Å². The third kappa shape index (κ3) is 2.10. The summed E-state index contributed by atoms with van der Waals surface area (Å²) >= 11 is 0. The number of hydrogen-bond acceptors (Lipinski definition) is 1. The summed E-state index contributed by atoms with van der Waals surface area (Å²) in [4.78, 5) is 0. The van der Waals surface area contributed by atoms with Crippen molar-refractivity contribution in [1.82, 2.24) is 4.57 Å². The van der Waals surface area contributed by atoms with Crippen molar-refractivity contribution in [2.75, 3.05) is 0 Å². The van der Waals surface area contributed by atoms with Crippen molar-refractivity contribution >= 4 is 0 Å². The molecule has 1 atom stereocenters. The summed E-state index contributed by atoms with van der Waals surface area (Å²) in [6.45, 7) is 4.50. The molecule has 2 heteroatoms. The molecule has 1 heterocycles. The van der Waals surface area contributed by atoms with E-state index in [0.29, 0.717) is 5.92 Å². The van der Waals surface area contributed by atoms with E-state index in [2.05, 4.69) is 54.9 Å². The van der Waals surface area contributed by atoms with Crippen LogP contribution in [-0.2, 0) is 6.42 Å². The molecule has 1 aliphatic rings. The van der Waals surface area contributed by atoms with Crippen LogP contribution in [0.4, 0.5) is 0 Å². The number of benzene rings is 1. The SMILES string of the molecule is CC(C)c1ccccc1-n1ccc2c1CCCC2N. The normalized spacial score (nSPS) is 18.6. The number of hydrogen-bond donors (Lipinski definition) is 1. The zero-order valence-corrected chi connectivity index (χ0v) is 11.8. The van der Waals surface area contributed by atoms with Crippen LogP contribution in [0.3, 0.4) is 0 Å². The number of nitrogens with two attached hydrogens (primary N) is 1. The smallest absolute Gasteiger partial charge is 0.0486 e. The Labute approximate surface area is 115 Å². The van der Waals surface area contributed by atoms with Crippen LogP contribution in [0, 0.1) is 0 Å². The maximum atomic E-state index is 6.22. The second-order valence-corrected chi connectivity index (χ2v) is 5.80. The highest BCUT2D eigenvalue weighted by molar-refractivity contribution is 5.47. The van der Waals surface area contributed by atoms with Crippen LogP contribution in [0.5, 0.6) is 0 Å². The lowest BCUT2D eigenvalue weighted by Gasteiger charge is -2.22. The summed E-state index contributed by atoms with van der Waals surface area (Å²) in [5.74, 6) is 0.534. The van der Waals surface area contributed by atoms with Gasteiger partial charge in [-0.25, -0.2) is 0 Å². The molecule has 2 nitrogen and oxygen atoms in total. The third-order valence-electron chi connectivity index (χ3n) is 4.17. The van der Waals surface area contributed by atoms with Gasteiger partial charge >= 0.3 is 0 Å². The molecule has 0 fully saturated rings. The largest absolute Gasteiger partial charge is 0.324 e. The van der Waals surface area contributed by atoms with Gasteiger partial charge in [0.25, 0.3) is 0 Å². The molecular formula is C17H22N2. The van der Waals surface area contributed by atoms with E-state index in [9.17, 15) is 0 Å². The van der Waals surface area contributed by atoms with Crippen molar-refractivity contribution in [3.05, 3.63) is 53.3 Å². The molecule has 0 amide bonds. The van der Waals surface area contributed by atoms with Gasteiger partial charge < -0.3 is 10.3 Å². The van der Waals surface area contributed by atoms with Crippen molar-refractivity contribution in [3.8, 4) is 5.69 Å². The second kappa shape index (κ2) is 4.86. The predicted molar refractivity (Wildman–Crippen MR) is 79.7 cm³/mol. The quantitative estimate of drug-likeness (QED) is 0.864. The monoisotopic (exact) mass is 254 g/mol. The zero-order chi connectivity index (χ0) is 13.4. The lowest BCUT2D eigenvalue weighted by atomic mass is 9.93. The molecule has 2 aromatic rings. The Bertz CT molecular complexity index is 581. The highest BCUT2D eigenvalue weighted by Crippen LogP contribution is 2.32. The molecule has 1 aromatic heterocycles. The minimum Gasteiger partial charge on any atom is -0.324 e. The van der Waals surface area contributed by atoms with Crippen molar-refractivity contribution < 1.29 is 0 Å². The summed E-state index contributed by atoms with van der Waals surface area (Å²) in [7, 11) is 0. The van der Waals surface area contributed by atoms with Gasteiger partial charge in [0.05, 0.1) is 0 Å². The molecule has 1 unspecified atom stereocenters. The lowest BCUT2D eigenvalue weighted by Crippen LogP contribution is -2.18. The molecule has 0 saturated carbocycles. The molecule has 19 heavy (non-hydrogen) atoms. The van der Waals surface area contributed by atoms with Gasteiger partial charge in [0, 0.05) is 23.6 Å². The topological polar surface area (TPSA) is 30.9 Å². The van der Waals surface area contributed by atoms with E-state index in [-0.39, 0.29) is 6.04 Å². The number of para-hydroxylation sites is 1. The number of rotatable bonds is 2. The lowest BCUT2D eigenvalue weighted by molar-refractivity contribution is 0.560. The number of aromatic nitrogens is 1. The van der Waals surface area contributed by atoms with Crippen LogP contribution in [0.1, 0.15) is 55.5 Å². The van der Waals surface area contributed by atoms with E-state index in [0.717, 1.165) is 12.8 Å². The van der Waals surface area contributed by atoms with Crippen LogP contribution in [0.15, 0.2) is 36.5 Å². The zero-order valence-electron chi connectivity index (χ0n) is 11.8. The highest BCUT2D eigenvalue weighted by Gasteiger charge is 2.21. The molecule has 100 valence electrons. The van der Waals surface area contributed by atoms with Crippen LogP contribution in [0.2, 0.25) is 0 Å². The van der Waals surface area contributed by atoms with E-state index >= 15 is 0 Å². The maximum Gasteiger partial charge on any atom is 0.0486 e. The molecule has 1 aromatic carbocycles. The Kier molecular flexibility index (Phi) is 3.19. The van der Waals surface area contributed by atoms with Gasteiger partial charge in [-0.2, -0.15) is 0 Å². The van der Waals surface area contributed by atoms with E-state index in [1.807, 2.05) is 0 Å². The van der Waals surface area contributed by atoms with Gasteiger partial charge in [-0.1, -0.05) is 32.0 Å². The Balaban J connectivity index is 2.13. The standard InChI is InChI=1S/C17H22N2/c1-12(2)13-6-3-4-8-16(13)19-11-10-14-15(18)7-5-9-17(14)19/h3-4,6,8,10-12,15H,5,7,9,18H2,1-2H3. The molecule has 3 rings (SSSR count). The van der Waals surface area contributed by atoms with E-state index in [1.54, 1.807) is 0 Å². The van der Waals surface area contributed by atoms with Crippen LogP contribution in [0.25, 0.3) is 5.69 Å². The Morgan fingerprint density at radius 3 is 2.79 bits per heavy atom. The Hall–Kier alpha value is -1.54. The van der Waals surface area contributed by atoms with Gasteiger partial charge in [0.15, 0.2) is 0 Å². The fourth-order valence-electron chi connectivity index (χ4n) is 3.15. The van der Waals surface area contributed by atoms with Gasteiger partial charge in [0.2, 0.25) is 0 Å². The minimum atomic E-state index is 0.219. The van der Waals surface area contributed by atoms with Crippen LogP contribution >= 0.6 is 0 Å². The number of fused-ring (bicyclic) bond motifs is 1. The summed E-state index contributed by atoms with van der Waals surface area (Å²) in [5, 5.41) is 0. The average molecular weight is 254 g/mol. The minimum absolute atomic E-state index is 0.219. The first-order chi connectivity index (χ1) is 9.18. The van der Waals surface area contributed by atoms with Crippen molar-refractivity contribution in [1.29, 1.82) is 0 Å². The van der Waals surface area contributed by atoms with Gasteiger partial charge in [-0.15, -0.1) is 0 Å². The number of nitrogens with zero attached hydrogens (tertiary/aromatic N) is 1. The second-order valence-electron chi connectivity index (χ2n) is 5.80. The fourth-order valence-corrected chi connectivity index (χ4v) is 3.15. The summed E-state index contributed by atoms with van der Waals surface area (Å²) in [6.07, 6.45) is 5.64. The highest BCUT2D eigenvalue weighted by atomic mass is 15.0. The molecule has 0 aliphatic heterocycles. The summed E-state index contributed by atoms with van der Waals surface area (Å²) < 4.78 is 2.35. The maximum absolute atomic E-state index is 6.22. The molecule has 2 N–H and O–H groups in total. The molecule has 0 spiro atoms. The first-order valence-electron chi connectivity index (χ1n) is 7.23. The first-order valence-corrected chi connectivity index (χ1v) is 7.23. The van der Waals surface area contributed by atoms with Gasteiger partial charge in [-0.05, 0) is 48.4 Å². The average Bonchev–Trinajstić information content (AvgIpc) is 2.84. The molecular weight excluding hydrogens is 232 g/mol. The molecule has 0 saturated heterocycles. The summed E-state index contributed by atoms with van der Waals surface area (Å²) in [5.41, 5.74) is 11.7. The summed E-state index contributed by atoms with van der Waals surface area (Å²) in [6, 6.07) is 11.1. The van der Waals surface area contributed by atoms with Gasteiger partial charge in [0.1, 0.15) is 0 Å². The predicted octanol–water partition coefficient (Wildman–Crippen LogP) is 3.94. The Morgan fingerprint density at radius 2 is 2.00 bits per heavy atom. The van der Waals surface area contributed by atoms with E-state index in [4.69, 9.17) is 5.73 Å². The first kappa shape index (κ1) is 12.5. The van der Waals surface area contributed by atoms with E-state index < -0.39 is 0 Å². The van der Waals surface area contributed by atoms with Crippen LogP contribution < -0.4 is 5.73 Å². The molecule has 0 radical (unpaired) electrons.